The van der Waals surface area contributed by atoms with Gasteiger partial charge in [-0.25, -0.2) is 0 Å². The van der Waals surface area contributed by atoms with Crippen LogP contribution >= 0.6 is 0 Å². The Morgan fingerprint density at radius 3 is 2.41 bits per heavy atom. The van der Waals surface area contributed by atoms with Crippen molar-refractivity contribution in [3.05, 3.63) is 29.8 Å². The smallest absolute Gasteiger partial charge is 0.242 e. The molecule has 0 atom stereocenters. The summed E-state index contributed by atoms with van der Waals surface area (Å²) in [6.07, 6.45) is 3.93. The van der Waals surface area contributed by atoms with Crippen LogP contribution in [0.2, 0.25) is 19.6 Å². The van der Waals surface area contributed by atoms with E-state index in [-0.39, 0.29) is 0 Å². The van der Waals surface area contributed by atoms with E-state index < -0.39 is 8.32 Å². The second kappa shape index (κ2) is 5.68. The van der Waals surface area contributed by atoms with E-state index >= 15 is 0 Å². The molecule has 0 aliphatic carbocycles. The minimum absolute atomic E-state index is 0.695. The van der Waals surface area contributed by atoms with Crippen LogP contribution in [0.5, 0.6) is 11.5 Å². The van der Waals surface area contributed by atoms with Crippen molar-refractivity contribution >= 4 is 20.7 Å². The average molecular weight is 250 g/mol. The SMILES string of the molecule is COc1cc(/C=C/C=O)ccc1O[Si](C)(C)C. The Labute approximate surface area is 103 Å². The molecule has 0 unspecified atom stereocenters. The van der Waals surface area contributed by atoms with Crippen LogP contribution in [0.4, 0.5) is 0 Å². The van der Waals surface area contributed by atoms with Gasteiger partial charge in [0.15, 0.2) is 5.75 Å². The number of benzene rings is 1. The number of allylic oxidation sites excluding steroid dienone is 1. The van der Waals surface area contributed by atoms with Crippen LogP contribution in [-0.2, 0) is 4.79 Å². The van der Waals surface area contributed by atoms with E-state index in [9.17, 15) is 4.79 Å². The summed E-state index contributed by atoms with van der Waals surface area (Å²) in [4.78, 5) is 10.3. The monoisotopic (exact) mass is 250 g/mol. The van der Waals surface area contributed by atoms with Crippen LogP contribution in [-0.4, -0.2) is 21.7 Å². The maximum atomic E-state index is 10.3. The molecule has 0 spiro atoms. The number of rotatable bonds is 5. The standard InChI is InChI=1S/C13H18O3Si/c1-15-13-10-11(6-5-9-14)7-8-12(13)16-17(2,3)4/h5-10H,1-4H3/b6-5+. The van der Waals surface area contributed by atoms with Crippen LogP contribution in [0.1, 0.15) is 5.56 Å². The van der Waals surface area contributed by atoms with E-state index in [0.29, 0.717) is 5.75 Å². The lowest BCUT2D eigenvalue weighted by atomic mass is 10.2. The predicted molar refractivity (Wildman–Crippen MR) is 72.1 cm³/mol. The third-order valence-electron chi connectivity index (χ3n) is 1.97. The molecule has 1 rings (SSSR count). The Morgan fingerprint density at radius 1 is 1.18 bits per heavy atom. The Hall–Kier alpha value is -1.55. The summed E-state index contributed by atoms with van der Waals surface area (Å²) in [7, 11) is -0.0319. The first-order valence-corrected chi connectivity index (χ1v) is 8.86. The van der Waals surface area contributed by atoms with Gasteiger partial charge in [-0.1, -0.05) is 12.1 Å². The predicted octanol–water partition coefficient (Wildman–Crippen LogP) is 3.12. The molecule has 17 heavy (non-hydrogen) atoms. The van der Waals surface area contributed by atoms with Gasteiger partial charge in [-0.15, -0.1) is 0 Å². The van der Waals surface area contributed by atoms with Crippen LogP contribution in [0, 0.1) is 0 Å². The van der Waals surface area contributed by atoms with Crippen molar-refractivity contribution in [3.63, 3.8) is 0 Å². The number of carbonyl (C=O) groups is 1. The zero-order valence-corrected chi connectivity index (χ0v) is 11.7. The normalized spacial score (nSPS) is 11.5. The van der Waals surface area contributed by atoms with Crippen molar-refractivity contribution in [2.24, 2.45) is 0 Å². The van der Waals surface area contributed by atoms with Crippen molar-refractivity contribution in [2.45, 2.75) is 19.6 Å². The van der Waals surface area contributed by atoms with Crippen molar-refractivity contribution in [1.29, 1.82) is 0 Å². The molecular formula is C13H18O3Si. The first-order chi connectivity index (χ1) is 7.96. The van der Waals surface area contributed by atoms with Gasteiger partial charge in [0, 0.05) is 0 Å². The Kier molecular flexibility index (Phi) is 4.51. The molecule has 0 aliphatic rings. The molecule has 1 aromatic rings. The molecule has 4 heteroatoms. The topological polar surface area (TPSA) is 35.5 Å². The fourth-order valence-electron chi connectivity index (χ4n) is 1.35. The highest BCUT2D eigenvalue weighted by Crippen LogP contribution is 2.30. The summed E-state index contributed by atoms with van der Waals surface area (Å²) in [5.74, 6) is 1.45. The van der Waals surface area contributed by atoms with Crippen LogP contribution in [0.15, 0.2) is 24.3 Å². The molecule has 0 bridgehead atoms. The second-order valence-electron chi connectivity index (χ2n) is 4.62. The van der Waals surface area contributed by atoms with Gasteiger partial charge in [0.2, 0.25) is 8.32 Å². The minimum Gasteiger partial charge on any atom is -0.542 e. The van der Waals surface area contributed by atoms with Crippen LogP contribution < -0.4 is 9.16 Å². The highest BCUT2D eigenvalue weighted by Gasteiger charge is 2.18. The largest absolute Gasteiger partial charge is 0.542 e. The molecule has 92 valence electrons. The number of aldehydes is 1. The molecule has 0 saturated carbocycles. The Balaban J connectivity index is 3.01. The highest BCUT2D eigenvalue weighted by atomic mass is 28.4. The van der Waals surface area contributed by atoms with Gasteiger partial charge in [0.1, 0.15) is 12.0 Å². The van der Waals surface area contributed by atoms with E-state index in [0.717, 1.165) is 17.6 Å². The van der Waals surface area contributed by atoms with E-state index in [1.54, 1.807) is 13.2 Å². The molecule has 0 heterocycles. The molecule has 0 radical (unpaired) electrons. The number of ether oxygens (including phenoxy) is 1. The molecule has 1 aromatic carbocycles. The fourth-order valence-corrected chi connectivity index (χ4v) is 2.18. The van der Waals surface area contributed by atoms with Crippen molar-refractivity contribution in [2.75, 3.05) is 7.11 Å². The van der Waals surface area contributed by atoms with Gasteiger partial charge in [-0.2, -0.15) is 0 Å². The van der Waals surface area contributed by atoms with Gasteiger partial charge in [-0.05, 0) is 43.4 Å². The number of hydrogen-bond donors (Lipinski definition) is 0. The van der Waals surface area contributed by atoms with Crippen molar-refractivity contribution < 1.29 is 14.0 Å². The summed E-state index contributed by atoms with van der Waals surface area (Å²) in [5.41, 5.74) is 0.914. The molecule has 0 amide bonds. The molecule has 0 fully saturated rings. The highest BCUT2D eigenvalue weighted by molar-refractivity contribution is 6.70. The molecule has 0 N–H and O–H groups in total. The Morgan fingerprint density at radius 2 is 1.88 bits per heavy atom. The third kappa shape index (κ3) is 4.44. The molecule has 0 aromatic heterocycles. The first-order valence-electron chi connectivity index (χ1n) is 5.45. The quantitative estimate of drug-likeness (QED) is 0.457. The van der Waals surface area contributed by atoms with Crippen molar-refractivity contribution in [3.8, 4) is 11.5 Å². The first kappa shape index (κ1) is 13.5. The zero-order chi connectivity index (χ0) is 12.9. The number of methoxy groups -OCH3 is 1. The number of carbonyl (C=O) groups excluding carboxylic acids is 1. The summed E-state index contributed by atoms with van der Waals surface area (Å²) in [6.45, 7) is 6.35. The maximum absolute atomic E-state index is 10.3. The lowest BCUT2D eigenvalue weighted by Gasteiger charge is -2.21. The Bertz CT molecular complexity index is 419. The summed E-state index contributed by atoms with van der Waals surface area (Å²) >= 11 is 0. The van der Waals surface area contributed by atoms with Gasteiger partial charge in [0.25, 0.3) is 0 Å². The van der Waals surface area contributed by atoms with Crippen molar-refractivity contribution in [1.82, 2.24) is 0 Å². The van der Waals surface area contributed by atoms with E-state index in [4.69, 9.17) is 9.16 Å². The summed E-state index contributed by atoms with van der Waals surface area (Å²) < 4.78 is 11.2. The van der Waals surface area contributed by atoms with Crippen LogP contribution in [0.25, 0.3) is 6.08 Å². The summed E-state index contributed by atoms with van der Waals surface area (Å²) in [6, 6.07) is 5.63. The molecular weight excluding hydrogens is 232 g/mol. The maximum Gasteiger partial charge on any atom is 0.242 e. The third-order valence-corrected chi connectivity index (χ3v) is 2.80. The molecule has 0 saturated heterocycles. The van der Waals surface area contributed by atoms with E-state index in [2.05, 4.69) is 19.6 Å². The average Bonchev–Trinajstić information content (AvgIpc) is 2.25. The summed E-state index contributed by atoms with van der Waals surface area (Å²) in [5, 5.41) is 0. The lowest BCUT2D eigenvalue weighted by Crippen LogP contribution is -2.29. The van der Waals surface area contributed by atoms with Gasteiger partial charge < -0.3 is 9.16 Å². The van der Waals surface area contributed by atoms with Gasteiger partial charge in [0.05, 0.1) is 7.11 Å². The van der Waals surface area contributed by atoms with E-state index in [1.165, 1.54) is 6.08 Å². The van der Waals surface area contributed by atoms with Gasteiger partial charge >= 0.3 is 0 Å². The van der Waals surface area contributed by atoms with Gasteiger partial charge in [-0.3, -0.25) is 4.79 Å². The van der Waals surface area contributed by atoms with E-state index in [1.807, 2.05) is 18.2 Å². The minimum atomic E-state index is -1.64. The lowest BCUT2D eigenvalue weighted by molar-refractivity contribution is -0.104. The fraction of sp³-hybridized carbons (Fsp3) is 0.308. The second-order valence-corrected chi connectivity index (χ2v) is 9.05. The molecule has 3 nitrogen and oxygen atoms in total. The number of hydrogen-bond acceptors (Lipinski definition) is 3. The molecule has 0 aliphatic heterocycles. The van der Waals surface area contributed by atoms with Crippen LogP contribution in [0.3, 0.4) is 0 Å². The zero-order valence-electron chi connectivity index (χ0n) is 10.7.